The van der Waals surface area contributed by atoms with Gasteiger partial charge in [-0.05, 0) is 25.8 Å². The van der Waals surface area contributed by atoms with Crippen LogP contribution in [0.1, 0.15) is 59.9 Å². The van der Waals surface area contributed by atoms with Crippen molar-refractivity contribution in [3.05, 3.63) is 23.5 Å². The number of hydrogen-bond acceptors (Lipinski definition) is 3. The van der Waals surface area contributed by atoms with Crippen LogP contribution in [0.3, 0.4) is 0 Å². The van der Waals surface area contributed by atoms with E-state index in [-0.39, 0.29) is 23.7 Å². The van der Waals surface area contributed by atoms with Crippen LogP contribution in [0.5, 0.6) is 0 Å². The van der Waals surface area contributed by atoms with Crippen LogP contribution in [-0.4, -0.2) is 34.5 Å². The van der Waals surface area contributed by atoms with Crippen LogP contribution in [0.15, 0.2) is 12.3 Å². The monoisotopic (exact) mass is 292 g/mol. The van der Waals surface area contributed by atoms with Gasteiger partial charge in [-0.25, -0.2) is 0 Å². The second-order valence-electron chi connectivity index (χ2n) is 6.18. The predicted octanol–water partition coefficient (Wildman–Crippen LogP) is 1.90. The number of aliphatic hydroxyl groups is 1. The van der Waals surface area contributed by atoms with Crippen molar-refractivity contribution in [2.24, 2.45) is 12.5 Å². The molecule has 2 rings (SSSR count). The summed E-state index contributed by atoms with van der Waals surface area (Å²) in [6, 6.07) is 1.62. The Bertz CT molecular complexity index is 528. The minimum atomic E-state index is -0.191. The Morgan fingerprint density at radius 3 is 2.52 bits per heavy atom. The van der Waals surface area contributed by atoms with Crippen LogP contribution in [0.25, 0.3) is 0 Å². The standard InChI is InChI=1S/C16H24N2O3/c1-12(20)13-8-14(18(2)9-13)15(21)17-10-16(11-19)6-4-3-5-7-16/h8-9,19H,3-7,10-11H2,1-2H3,(H,17,21). The van der Waals surface area contributed by atoms with E-state index in [1.807, 2.05) is 0 Å². The number of Topliss-reactive ketones (excluding diaryl/α,β-unsaturated/α-hetero) is 1. The summed E-state index contributed by atoms with van der Waals surface area (Å²) in [6.45, 7) is 2.09. The van der Waals surface area contributed by atoms with E-state index >= 15 is 0 Å². The molecule has 1 aromatic heterocycles. The van der Waals surface area contributed by atoms with Crippen molar-refractivity contribution < 1.29 is 14.7 Å². The molecule has 0 unspecified atom stereocenters. The quantitative estimate of drug-likeness (QED) is 0.814. The molecule has 1 heterocycles. The first kappa shape index (κ1) is 15.8. The third-order valence-corrected chi connectivity index (χ3v) is 4.52. The van der Waals surface area contributed by atoms with Crippen LogP contribution >= 0.6 is 0 Å². The second-order valence-corrected chi connectivity index (χ2v) is 6.18. The number of rotatable bonds is 5. The third-order valence-electron chi connectivity index (χ3n) is 4.52. The number of aromatic nitrogens is 1. The van der Waals surface area contributed by atoms with E-state index in [1.165, 1.54) is 13.3 Å². The van der Waals surface area contributed by atoms with Gasteiger partial charge in [0, 0.05) is 30.8 Å². The van der Waals surface area contributed by atoms with Gasteiger partial charge in [0.2, 0.25) is 0 Å². The van der Waals surface area contributed by atoms with E-state index in [9.17, 15) is 14.7 Å². The van der Waals surface area contributed by atoms with E-state index < -0.39 is 0 Å². The van der Waals surface area contributed by atoms with Crippen LogP contribution in [0.4, 0.5) is 0 Å². The Morgan fingerprint density at radius 1 is 1.33 bits per heavy atom. The fourth-order valence-electron chi connectivity index (χ4n) is 3.03. The number of carbonyl (C=O) groups excluding carboxylic acids is 2. The summed E-state index contributed by atoms with van der Waals surface area (Å²) >= 11 is 0. The van der Waals surface area contributed by atoms with Crippen LogP contribution in [0.2, 0.25) is 0 Å². The van der Waals surface area contributed by atoms with Crippen molar-refractivity contribution in [3.8, 4) is 0 Å². The van der Waals surface area contributed by atoms with Gasteiger partial charge in [0.05, 0.1) is 6.61 Å². The van der Waals surface area contributed by atoms with Crippen molar-refractivity contribution in [2.45, 2.75) is 39.0 Å². The number of carbonyl (C=O) groups is 2. The van der Waals surface area contributed by atoms with Gasteiger partial charge in [0.25, 0.3) is 5.91 Å². The predicted molar refractivity (Wildman–Crippen MR) is 80.4 cm³/mol. The number of hydrogen-bond donors (Lipinski definition) is 2. The molecule has 1 amide bonds. The molecule has 0 radical (unpaired) electrons. The molecule has 1 fully saturated rings. The van der Waals surface area contributed by atoms with Gasteiger partial charge >= 0.3 is 0 Å². The smallest absolute Gasteiger partial charge is 0.267 e. The second kappa shape index (κ2) is 6.43. The van der Waals surface area contributed by atoms with Crippen LogP contribution in [-0.2, 0) is 7.05 Å². The lowest BCUT2D eigenvalue weighted by molar-refractivity contribution is 0.0714. The molecule has 21 heavy (non-hydrogen) atoms. The van der Waals surface area contributed by atoms with Gasteiger partial charge in [-0.1, -0.05) is 19.3 Å². The molecule has 0 aliphatic heterocycles. The molecule has 5 nitrogen and oxygen atoms in total. The van der Waals surface area contributed by atoms with Gasteiger partial charge in [0.1, 0.15) is 5.69 Å². The van der Waals surface area contributed by atoms with Crippen molar-refractivity contribution in [1.82, 2.24) is 9.88 Å². The van der Waals surface area contributed by atoms with E-state index in [0.717, 1.165) is 25.7 Å². The topological polar surface area (TPSA) is 71.3 Å². The minimum absolute atomic E-state index is 0.0521. The zero-order valence-electron chi connectivity index (χ0n) is 12.8. The van der Waals surface area contributed by atoms with E-state index in [2.05, 4.69) is 5.32 Å². The maximum absolute atomic E-state index is 12.3. The summed E-state index contributed by atoms with van der Waals surface area (Å²) in [5, 5.41) is 12.6. The maximum Gasteiger partial charge on any atom is 0.267 e. The summed E-state index contributed by atoms with van der Waals surface area (Å²) in [6.07, 6.45) is 6.99. The average Bonchev–Trinajstić information content (AvgIpc) is 2.88. The number of ketones is 1. The highest BCUT2D eigenvalue weighted by molar-refractivity contribution is 5.99. The summed E-state index contributed by atoms with van der Waals surface area (Å²) in [5.74, 6) is -0.243. The number of amides is 1. The normalized spacial score (nSPS) is 17.5. The largest absolute Gasteiger partial charge is 0.396 e. The Balaban J connectivity index is 2.02. The molecule has 0 spiro atoms. The van der Waals surface area contributed by atoms with Crippen molar-refractivity contribution in [2.75, 3.05) is 13.2 Å². The number of nitrogens with one attached hydrogen (secondary N) is 1. The van der Waals surface area contributed by atoms with Crippen molar-refractivity contribution >= 4 is 11.7 Å². The molecular formula is C16H24N2O3. The van der Waals surface area contributed by atoms with E-state index in [0.29, 0.717) is 17.8 Å². The SMILES string of the molecule is CC(=O)c1cc(C(=O)NCC2(CO)CCCCC2)n(C)c1. The molecule has 1 saturated carbocycles. The Hall–Kier alpha value is -1.62. The molecule has 0 aromatic carbocycles. The summed E-state index contributed by atoms with van der Waals surface area (Å²) < 4.78 is 1.67. The van der Waals surface area contributed by atoms with Gasteiger partial charge < -0.3 is 15.0 Å². The lowest BCUT2D eigenvalue weighted by Gasteiger charge is -2.35. The number of nitrogens with zero attached hydrogens (tertiary/aromatic N) is 1. The molecule has 0 bridgehead atoms. The molecule has 0 saturated heterocycles. The Kier molecular flexibility index (Phi) is 4.83. The Morgan fingerprint density at radius 2 is 2.00 bits per heavy atom. The highest BCUT2D eigenvalue weighted by Gasteiger charge is 2.32. The molecular weight excluding hydrogens is 268 g/mol. The molecule has 1 aromatic rings. The van der Waals surface area contributed by atoms with E-state index in [4.69, 9.17) is 0 Å². The third kappa shape index (κ3) is 3.53. The zero-order chi connectivity index (χ0) is 15.5. The molecule has 1 aliphatic rings. The van der Waals surface area contributed by atoms with Gasteiger partial charge in [-0.3, -0.25) is 9.59 Å². The summed E-state index contributed by atoms with van der Waals surface area (Å²) in [5.41, 5.74) is 0.837. The first-order valence-corrected chi connectivity index (χ1v) is 7.54. The minimum Gasteiger partial charge on any atom is -0.396 e. The van der Waals surface area contributed by atoms with Crippen molar-refractivity contribution in [1.29, 1.82) is 0 Å². The fourth-order valence-corrected chi connectivity index (χ4v) is 3.03. The van der Waals surface area contributed by atoms with Crippen LogP contribution < -0.4 is 5.32 Å². The van der Waals surface area contributed by atoms with Crippen molar-refractivity contribution in [3.63, 3.8) is 0 Å². The lowest BCUT2D eigenvalue weighted by Crippen LogP contribution is -2.41. The Labute approximate surface area is 125 Å². The summed E-state index contributed by atoms with van der Waals surface area (Å²) in [7, 11) is 1.75. The molecule has 0 atom stereocenters. The zero-order valence-corrected chi connectivity index (χ0v) is 12.8. The molecule has 5 heteroatoms. The first-order valence-electron chi connectivity index (χ1n) is 7.54. The number of aryl methyl sites for hydroxylation is 1. The molecule has 2 N–H and O–H groups in total. The van der Waals surface area contributed by atoms with Crippen LogP contribution in [0, 0.1) is 5.41 Å². The molecule has 116 valence electrons. The highest BCUT2D eigenvalue weighted by atomic mass is 16.3. The lowest BCUT2D eigenvalue weighted by atomic mass is 9.74. The highest BCUT2D eigenvalue weighted by Crippen LogP contribution is 2.35. The average molecular weight is 292 g/mol. The number of aliphatic hydroxyl groups excluding tert-OH is 1. The summed E-state index contributed by atoms with van der Waals surface area (Å²) in [4.78, 5) is 23.6. The fraction of sp³-hybridized carbons (Fsp3) is 0.625. The van der Waals surface area contributed by atoms with Gasteiger partial charge in [0.15, 0.2) is 5.78 Å². The first-order chi connectivity index (χ1) is 9.97. The van der Waals surface area contributed by atoms with Gasteiger partial charge in [-0.2, -0.15) is 0 Å². The molecule has 1 aliphatic carbocycles. The van der Waals surface area contributed by atoms with E-state index in [1.54, 1.807) is 23.9 Å². The van der Waals surface area contributed by atoms with Gasteiger partial charge in [-0.15, -0.1) is 0 Å². The maximum atomic E-state index is 12.3.